The van der Waals surface area contributed by atoms with E-state index in [1.54, 1.807) is 0 Å². The van der Waals surface area contributed by atoms with E-state index < -0.39 is 5.60 Å². The molecule has 0 saturated carbocycles. The lowest BCUT2D eigenvalue weighted by molar-refractivity contribution is -0.157. The van der Waals surface area contributed by atoms with Crippen LogP contribution in [0.15, 0.2) is 0 Å². The van der Waals surface area contributed by atoms with Crippen molar-refractivity contribution < 1.29 is 9.53 Å². The van der Waals surface area contributed by atoms with Crippen molar-refractivity contribution in [2.24, 2.45) is 0 Å². The fourth-order valence-electron chi connectivity index (χ4n) is 1.19. The molecular formula is C9H18N2O2. The second-order valence-corrected chi connectivity index (χ2v) is 4.24. The number of carbonyl (C=O) groups is 1. The van der Waals surface area contributed by atoms with Crippen LogP contribution in [0, 0.1) is 0 Å². The Morgan fingerprint density at radius 3 is 2.54 bits per heavy atom. The van der Waals surface area contributed by atoms with Gasteiger partial charge in [-0.25, -0.2) is 0 Å². The number of carbonyl (C=O) groups excluding carboxylic acids is 1. The molecule has 1 aliphatic rings. The highest BCUT2D eigenvalue weighted by molar-refractivity contribution is 5.76. The molecule has 1 aliphatic heterocycles. The zero-order chi connectivity index (χ0) is 9.90. The maximum absolute atomic E-state index is 11.5. The maximum atomic E-state index is 11.5. The minimum atomic E-state index is -0.393. The summed E-state index contributed by atoms with van der Waals surface area (Å²) < 4.78 is 5.24. The van der Waals surface area contributed by atoms with Gasteiger partial charge in [-0.2, -0.15) is 0 Å². The fraction of sp³-hybridized carbons (Fsp3) is 0.889. The minimum absolute atomic E-state index is 0.167. The lowest BCUT2D eigenvalue weighted by Gasteiger charge is -2.27. The van der Waals surface area contributed by atoms with Crippen molar-refractivity contribution in [3.05, 3.63) is 0 Å². The zero-order valence-electron chi connectivity index (χ0n) is 8.52. The van der Waals surface area contributed by atoms with Crippen LogP contribution in [0.2, 0.25) is 0 Å². The summed E-state index contributed by atoms with van der Waals surface area (Å²) in [6.45, 7) is 8.03. The second-order valence-electron chi connectivity index (χ2n) is 4.24. The van der Waals surface area contributed by atoms with Crippen molar-refractivity contribution in [1.29, 1.82) is 0 Å². The van der Waals surface area contributed by atoms with Crippen LogP contribution in [-0.2, 0) is 9.53 Å². The standard InChI is InChI=1S/C9H18N2O2/c1-9(2,3)13-8(12)7-6-10-4-5-11-7/h7,10-11H,4-6H2,1-3H3/t7-/m0/s1. The van der Waals surface area contributed by atoms with E-state index in [4.69, 9.17) is 4.74 Å². The molecule has 0 spiro atoms. The highest BCUT2D eigenvalue weighted by Gasteiger charge is 2.25. The van der Waals surface area contributed by atoms with E-state index in [9.17, 15) is 4.79 Å². The molecule has 76 valence electrons. The first kappa shape index (κ1) is 10.5. The molecule has 1 heterocycles. The topological polar surface area (TPSA) is 50.4 Å². The molecule has 1 atom stereocenters. The third-order valence-electron chi connectivity index (χ3n) is 1.73. The summed E-state index contributed by atoms with van der Waals surface area (Å²) in [7, 11) is 0. The van der Waals surface area contributed by atoms with Crippen molar-refractivity contribution in [3.8, 4) is 0 Å². The molecular weight excluding hydrogens is 168 g/mol. The third-order valence-corrected chi connectivity index (χ3v) is 1.73. The molecule has 1 fully saturated rings. The van der Waals surface area contributed by atoms with Crippen LogP contribution in [0.1, 0.15) is 20.8 Å². The molecule has 0 radical (unpaired) electrons. The highest BCUT2D eigenvalue weighted by atomic mass is 16.6. The monoisotopic (exact) mass is 186 g/mol. The molecule has 0 aliphatic carbocycles. The summed E-state index contributed by atoms with van der Waals surface area (Å²) >= 11 is 0. The van der Waals surface area contributed by atoms with E-state index in [1.165, 1.54) is 0 Å². The summed E-state index contributed by atoms with van der Waals surface area (Å²) in [6, 6.07) is -0.187. The number of rotatable bonds is 1. The zero-order valence-corrected chi connectivity index (χ0v) is 8.52. The van der Waals surface area contributed by atoms with E-state index in [1.807, 2.05) is 20.8 Å². The van der Waals surface area contributed by atoms with Gasteiger partial charge in [0.15, 0.2) is 0 Å². The predicted octanol–water partition coefficient (Wildman–Crippen LogP) is -0.110. The number of hydrogen-bond donors (Lipinski definition) is 2. The van der Waals surface area contributed by atoms with Gasteiger partial charge in [-0.15, -0.1) is 0 Å². The highest BCUT2D eigenvalue weighted by Crippen LogP contribution is 2.08. The van der Waals surface area contributed by atoms with Crippen molar-refractivity contribution >= 4 is 5.97 Å². The number of piperazine rings is 1. The SMILES string of the molecule is CC(C)(C)OC(=O)[C@@H]1CNCCN1. The molecule has 1 saturated heterocycles. The van der Waals surface area contributed by atoms with Crippen LogP contribution in [0.3, 0.4) is 0 Å². The average Bonchev–Trinajstić information content (AvgIpc) is 2.03. The number of nitrogens with one attached hydrogen (secondary N) is 2. The van der Waals surface area contributed by atoms with Crippen LogP contribution in [-0.4, -0.2) is 37.2 Å². The van der Waals surface area contributed by atoms with Gasteiger partial charge >= 0.3 is 5.97 Å². The Labute approximate surface area is 79.0 Å². The van der Waals surface area contributed by atoms with E-state index in [-0.39, 0.29) is 12.0 Å². The van der Waals surface area contributed by atoms with Crippen LogP contribution in [0.25, 0.3) is 0 Å². The van der Waals surface area contributed by atoms with Gasteiger partial charge in [0.05, 0.1) is 0 Å². The molecule has 0 aromatic rings. The van der Waals surface area contributed by atoms with E-state index >= 15 is 0 Å². The Bertz CT molecular complexity index is 181. The Kier molecular flexibility index (Phi) is 3.27. The van der Waals surface area contributed by atoms with Gasteiger partial charge in [0.25, 0.3) is 0 Å². The molecule has 0 aromatic carbocycles. The lowest BCUT2D eigenvalue weighted by Crippen LogP contribution is -2.53. The summed E-state index contributed by atoms with van der Waals surface area (Å²) in [5, 5.41) is 6.24. The second kappa shape index (κ2) is 4.07. The smallest absolute Gasteiger partial charge is 0.324 e. The molecule has 4 nitrogen and oxygen atoms in total. The molecule has 1 rings (SSSR count). The minimum Gasteiger partial charge on any atom is -0.459 e. The molecule has 0 aromatic heterocycles. The van der Waals surface area contributed by atoms with Crippen molar-refractivity contribution in [2.75, 3.05) is 19.6 Å². The third kappa shape index (κ3) is 3.74. The van der Waals surface area contributed by atoms with Crippen molar-refractivity contribution in [1.82, 2.24) is 10.6 Å². The first-order chi connectivity index (χ1) is 5.99. The van der Waals surface area contributed by atoms with Gasteiger partial charge in [0.1, 0.15) is 11.6 Å². The van der Waals surface area contributed by atoms with Gasteiger partial charge in [-0.3, -0.25) is 4.79 Å². The number of ether oxygens (including phenoxy) is 1. The first-order valence-electron chi connectivity index (χ1n) is 4.66. The largest absolute Gasteiger partial charge is 0.459 e. The molecule has 4 heteroatoms. The summed E-state index contributed by atoms with van der Waals surface area (Å²) in [4.78, 5) is 11.5. The van der Waals surface area contributed by atoms with Crippen LogP contribution >= 0.6 is 0 Å². The normalized spacial score (nSPS) is 24.1. The Morgan fingerprint density at radius 1 is 1.38 bits per heavy atom. The molecule has 0 bridgehead atoms. The molecule has 2 N–H and O–H groups in total. The van der Waals surface area contributed by atoms with E-state index in [0.29, 0.717) is 6.54 Å². The number of esters is 1. The predicted molar refractivity (Wildman–Crippen MR) is 50.5 cm³/mol. The van der Waals surface area contributed by atoms with Crippen molar-refractivity contribution in [2.45, 2.75) is 32.4 Å². The average molecular weight is 186 g/mol. The fourth-order valence-corrected chi connectivity index (χ4v) is 1.19. The quantitative estimate of drug-likeness (QED) is 0.561. The van der Waals surface area contributed by atoms with Gasteiger partial charge in [0, 0.05) is 19.6 Å². The van der Waals surface area contributed by atoms with Gasteiger partial charge in [-0.05, 0) is 20.8 Å². The van der Waals surface area contributed by atoms with Crippen molar-refractivity contribution in [3.63, 3.8) is 0 Å². The molecule has 13 heavy (non-hydrogen) atoms. The maximum Gasteiger partial charge on any atom is 0.324 e. The molecule has 0 unspecified atom stereocenters. The Balaban J connectivity index is 2.38. The Hall–Kier alpha value is -0.610. The first-order valence-corrected chi connectivity index (χ1v) is 4.66. The van der Waals surface area contributed by atoms with Gasteiger partial charge in [-0.1, -0.05) is 0 Å². The lowest BCUT2D eigenvalue weighted by atomic mass is 10.2. The van der Waals surface area contributed by atoms with Crippen LogP contribution in [0.4, 0.5) is 0 Å². The summed E-state index contributed by atoms with van der Waals surface area (Å²) in [5.41, 5.74) is -0.393. The van der Waals surface area contributed by atoms with Crippen LogP contribution < -0.4 is 10.6 Å². The van der Waals surface area contributed by atoms with Gasteiger partial charge in [0.2, 0.25) is 0 Å². The summed E-state index contributed by atoms with van der Waals surface area (Å²) in [5.74, 6) is -0.167. The number of hydrogen-bond acceptors (Lipinski definition) is 4. The van der Waals surface area contributed by atoms with Gasteiger partial charge < -0.3 is 15.4 Å². The van der Waals surface area contributed by atoms with E-state index in [0.717, 1.165) is 13.1 Å². The Morgan fingerprint density at radius 2 is 2.08 bits per heavy atom. The summed E-state index contributed by atoms with van der Waals surface area (Å²) in [6.07, 6.45) is 0. The van der Waals surface area contributed by atoms with Crippen LogP contribution in [0.5, 0.6) is 0 Å². The molecule has 0 amide bonds. The van der Waals surface area contributed by atoms with E-state index in [2.05, 4.69) is 10.6 Å².